The largest absolute Gasteiger partial charge is 0.434 e. The lowest BCUT2D eigenvalue weighted by molar-refractivity contribution is -0.141. The Morgan fingerprint density at radius 3 is 2.51 bits per heavy atom. The van der Waals surface area contributed by atoms with Gasteiger partial charge in [0.05, 0.1) is 42.2 Å². The molecule has 2 aliphatic heterocycles. The Hall–Kier alpha value is -6.31. The normalized spacial score (nSPS) is 15.3. The third kappa shape index (κ3) is 9.54. The number of esters is 1. The molecule has 0 spiro atoms. The molecule has 2 N–H and O–H groups in total. The minimum absolute atomic E-state index is 0.00379. The van der Waals surface area contributed by atoms with E-state index >= 15 is 0 Å². The van der Waals surface area contributed by atoms with Gasteiger partial charge in [-0.3, -0.25) is 24.5 Å². The van der Waals surface area contributed by atoms with Gasteiger partial charge in [-0.15, -0.1) is 11.3 Å². The summed E-state index contributed by atoms with van der Waals surface area (Å²) in [5.74, 6) is -1.43. The molecule has 59 heavy (non-hydrogen) atoms. The number of nitrogens with zero attached hydrogens (tertiary/aromatic N) is 5. The van der Waals surface area contributed by atoms with Gasteiger partial charge in [0, 0.05) is 55.6 Å². The lowest BCUT2D eigenvalue weighted by atomic mass is 10.0. The fraction of sp³-hybridized carbons (Fsp3) is 0.300. The maximum absolute atomic E-state index is 14.3. The zero-order chi connectivity index (χ0) is 41.8. The van der Waals surface area contributed by atoms with Crippen LogP contribution in [0.4, 0.5) is 24.7 Å². The number of ether oxygens (including phenoxy) is 3. The van der Waals surface area contributed by atoms with Gasteiger partial charge in [-0.25, -0.2) is 19.7 Å². The number of anilines is 2. The fourth-order valence-electron chi connectivity index (χ4n) is 6.47. The zero-order valence-corrected chi connectivity index (χ0v) is 32.4. The van der Waals surface area contributed by atoms with E-state index in [1.54, 1.807) is 41.3 Å². The number of hydrogen-bond donors (Lipinski definition) is 2. The van der Waals surface area contributed by atoms with Crippen LogP contribution in [0.2, 0.25) is 0 Å². The highest BCUT2D eigenvalue weighted by Crippen LogP contribution is 2.40. The van der Waals surface area contributed by atoms with E-state index in [-0.39, 0.29) is 92.0 Å². The molecule has 0 saturated carbocycles. The molecule has 7 rings (SSSR count). The van der Waals surface area contributed by atoms with Crippen molar-refractivity contribution in [2.75, 3.05) is 50.7 Å². The summed E-state index contributed by atoms with van der Waals surface area (Å²) in [5, 5.41) is 5.13. The summed E-state index contributed by atoms with van der Waals surface area (Å²) in [6.45, 7) is -0.0727. The summed E-state index contributed by atoms with van der Waals surface area (Å²) in [6, 6.07) is 14.8. The number of carbonyl (C=O) groups is 5. The molecule has 4 amide bonds. The van der Waals surface area contributed by atoms with E-state index in [4.69, 9.17) is 14.2 Å². The second kappa shape index (κ2) is 17.3. The molecule has 1 fully saturated rings. The second-order valence-electron chi connectivity index (χ2n) is 13.7. The maximum Gasteiger partial charge on any atom is 0.434 e. The van der Waals surface area contributed by atoms with Crippen molar-refractivity contribution in [3.8, 4) is 27.6 Å². The maximum atomic E-state index is 14.3. The van der Waals surface area contributed by atoms with Gasteiger partial charge in [0.25, 0.3) is 5.91 Å². The second-order valence-corrected chi connectivity index (χ2v) is 14.8. The molecular formula is C40H36F3N7O8S. The number of hydrogen-bond acceptors (Lipinski definition) is 13. The third-order valence-electron chi connectivity index (χ3n) is 9.36. The minimum atomic E-state index is -4.75. The number of rotatable bonds is 14. The van der Waals surface area contributed by atoms with Crippen LogP contribution in [0.25, 0.3) is 32.0 Å². The average molecular weight is 832 g/mol. The number of benzene rings is 2. The number of thiazole rings is 1. The van der Waals surface area contributed by atoms with Crippen LogP contribution in [-0.4, -0.2) is 96.0 Å². The Balaban J connectivity index is 0.843. The smallest absolute Gasteiger partial charge is 0.425 e. The van der Waals surface area contributed by atoms with E-state index in [0.29, 0.717) is 38.4 Å². The Bertz CT molecular complexity index is 2440. The van der Waals surface area contributed by atoms with E-state index < -0.39 is 29.8 Å². The van der Waals surface area contributed by atoms with Crippen molar-refractivity contribution in [2.45, 2.75) is 38.0 Å². The molecule has 19 heteroatoms. The quantitative estimate of drug-likeness (QED) is 0.0645. The fourth-order valence-corrected chi connectivity index (χ4v) is 7.50. The van der Waals surface area contributed by atoms with Crippen LogP contribution in [0.5, 0.6) is 5.75 Å². The standard InChI is InChI=1S/C40H36F3N7O8S/c1-49(2)32-11-3-22(19-44-32)28-9-7-27(36(46-28)40(41,42)43)38-47-29-8-4-24(18-31(29)59-38)45-34(52)13-14-56-15-16-57-21-35(53)58-25-5-6-26-23(17-25)20-50(39(26)55)30-10-12-33(51)48-37(30)54/h3-9,11,17-19,30H,10,12-16,20-21H2,1-2H3,(H,45,52)(H,48,51,54). The number of imide groups is 1. The van der Waals surface area contributed by atoms with Gasteiger partial charge in [0.2, 0.25) is 17.7 Å². The Kier molecular flexibility index (Phi) is 12.0. The van der Waals surface area contributed by atoms with Gasteiger partial charge in [0.15, 0.2) is 5.69 Å². The summed E-state index contributed by atoms with van der Waals surface area (Å²) in [4.78, 5) is 77.4. The van der Waals surface area contributed by atoms with Crippen LogP contribution in [-0.2, 0) is 41.4 Å². The van der Waals surface area contributed by atoms with E-state index in [2.05, 4.69) is 25.6 Å². The van der Waals surface area contributed by atoms with Crippen LogP contribution >= 0.6 is 11.3 Å². The number of nitrogens with one attached hydrogen (secondary N) is 2. The zero-order valence-electron chi connectivity index (χ0n) is 31.6. The van der Waals surface area contributed by atoms with Crippen LogP contribution in [0.1, 0.15) is 40.9 Å². The molecule has 3 aromatic heterocycles. The summed E-state index contributed by atoms with van der Waals surface area (Å²) in [7, 11) is 3.62. The van der Waals surface area contributed by atoms with Crippen molar-refractivity contribution < 1.29 is 51.4 Å². The lowest BCUT2D eigenvalue weighted by Gasteiger charge is -2.29. The molecule has 0 radical (unpaired) electrons. The first-order valence-corrected chi connectivity index (χ1v) is 19.1. The molecule has 0 bridgehead atoms. The van der Waals surface area contributed by atoms with Crippen molar-refractivity contribution in [3.63, 3.8) is 0 Å². The Labute approximate surface area is 338 Å². The number of fused-ring (bicyclic) bond motifs is 2. The van der Waals surface area contributed by atoms with E-state index in [0.717, 1.165) is 11.3 Å². The minimum Gasteiger partial charge on any atom is -0.425 e. The first-order chi connectivity index (χ1) is 28.2. The van der Waals surface area contributed by atoms with Crippen LogP contribution in [0.15, 0.2) is 66.9 Å². The molecule has 306 valence electrons. The number of aromatic nitrogens is 3. The molecule has 5 heterocycles. The molecule has 0 aliphatic carbocycles. The van der Waals surface area contributed by atoms with Crippen molar-refractivity contribution in [3.05, 3.63) is 83.7 Å². The highest BCUT2D eigenvalue weighted by molar-refractivity contribution is 7.21. The highest BCUT2D eigenvalue weighted by Gasteiger charge is 2.39. The van der Waals surface area contributed by atoms with Gasteiger partial charge in [0.1, 0.15) is 29.2 Å². The number of piperidine rings is 1. The summed E-state index contributed by atoms with van der Waals surface area (Å²) in [5.41, 5.74) is 1.18. The lowest BCUT2D eigenvalue weighted by Crippen LogP contribution is -2.52. The SMILES string of the molecule is CN(C)c1ccc(-c2ccc(-c3nc4ccc(NC(=O)CCOCCOCC(=O)Oc5ccc6c(c5)CN(C5CCC(=O)NC5=O)C6=O)cc4s3)c(C(F)(F)F)n2)cn1. The van der Waals surface area contributed by atoms with Gasteiger partial charge in [-0.05, 0) is 72.6 Å². The highest BCUT2D eigenvalue weighted by atomic mass is 32.1. The molecular weight excluding hydrogens is 796 g/mol. The van der Waals surface area contributed by atoms with E-state index in [1.807, 2.05) is 14.1 Å². The van der Waals surface area contributed by atoms with Crippen LogP contribution in [0, 0.1) is 0 Å². The van der Waals surface area contributed by atoms with Crippen molar-refractivity contribution in [2.24, 2.45) is 0 Å². The predicted molar refractivity (Wildman–Crippen MR) is 208 cm³/mol. The Morgan fingerprint density at radius 2 is 1.76 bits per heavy atom. The third-order valence-corrected chi connectivity index (χ3v) is 10.4. The Morgan fingerprint density at radius 1 is 0.966 bits per heavy atom. The van der Waals surface area contributed by atoms with Crippen LogP contribution < -0.4 is 20.3 Å². The number of pyridine rings is 2. The monoisotopic (exact) mass is 831 g/mol. The van der Waals surface area contributed by atoms with Crippen LogP contribution in [0.3, 0.4) is 0 Å². The molecule has 2 aliphatic rings. The molecule has 15 nitrogen and oxygen atoms in total. The van der Waals surface area contributed by atoms with Crippen molar-refractivity contribution in [1.29, 1.82) is 0 Å². The number of halogens is 3. The van der Waals surface area contributed by atoms with Crippen molar-refractivity contribution >= 4 is 62.7 Å². The van der Waals surface area contributed by atoms with Crippen molar-refractivity contribution in [1.82, 2.24) is 25.2 Å². The molecule has 5 aromatic rings. The summed E-state index contributed by atoms with van der Waals surface area (Å²) < 4.78 is 59.4. The molecule has 1 atom stereocenters. The summed E-state index contributed by atoms with van der Waals surface area (Å²) >= 11 is 1.04. The average Bonchev–Trinajstić information content (AvgIpc) is 3.77. The molecule has 1 unspecified atom stereocenters. The van der Waals surface area contributed by atoms with Gasteiger partial charge >= 0.3 is 12.1 Å². The first-order valence-electron chi connectivity index (χ1n) is 18.3. The van der Waals surface area contributed by atoms with E-state index in [9.17, 15) is 37.1 Å². The number of carbonyl (C=O) groups excluding carboxylic acids is 5. The first kappa shape index (κ1) is 40.9. The van der Waals surface area contributed by atoms with Gasteiger partial charge in [-0.2, -0.15) is 13.2 Å². The van der Waals surface area contributed by atoms with E-state index in [1.165, 1.54) is 35.4 Å². The molecule has 2 aromatic carbocycles. The number of amides is 4. The predicted octanol–water partition coefficient (Wildman–Crippen LogP) is 5.23. The molecule has 1 saturated heterocycles. The topological polar surface area (TPSA) is 182 Å². The summed E-state index contributed by atoms with van der Waals surface area (Å²) in [6.07, 6.45) is -2.91. The number of alkyl halides is 3. The van der Waals surface area contributed by atoms with Gasteiger partial charge in [-0.1, -0.05) is 0 Å². The van der Waals surface area contributed by atoms with Gasteiger partial charge < -0.3 is 29.3 Å².